The second-order valence-corrected chi connectivity index (χ2v) is 2.68. The van der Waals surface area contributed by atoms with Crippen molar-refractivity contribution in [1.29, 1.82) is 0 Å². The summed E-state index contributed by atoms with van der Waals surface area (Å²) >= 11 is 0. The lowest BCUT2D eigenvalue weighted by molar-refractivity contribution is -0.325. The Labute approximate surface area is 84.6 Å². The summed E-state index contributed by atoms with van der Waals surface area (Å²) in [6, 6.07) is 6.55. The summed E-state index contributed by atoms with van der Waals surface area (Å²) in [4.78, 5) is 0. The molecule has 2 N–H and O–H groups in total. The van der Waals surface area contributed by atoms with Crippen LogP contribution in [0.1, 0.15) is 0 Å². The first kappa shape index (κ1) is 11.6. The molecule has 1 rings (SSSR count). The molecule has 6 heteroatoms. The third-order valence-electron chi connectivity index (χ3n) is 1.53. The van der Waals surface area contributed by atoms with Gasteiger partial charge in [0, 0.05) is 0 Å². The zero-order valence-corrected chi connectivity index (χ0v) is 7.75. The zero-order valence-electron chi connectivity index (χ0n) is 7.75. The van der Waals surface area contributed by atoms with Gasteiger partial charge in [0.1, 0.15) is 12.4 Å². The van der Waals surface area contributed by atoms with E-state index in [0.717, 1.165) is 0 Å². The molecule has 0 heterocycles. The van der Waals surface area contributed by atoms with Gasteiger partial charge >= 0.3 is 6.36 Å². The molecule has 0 aliphatic heterocycles. The van der Waals surface area contributed by atoms with Crippen LogP contribution >= 0.6 is 0 Å². The van der Waals surface area contributed by atoms with E-state index < -0.39 is 13.0 Å². The van der Waals surface area contributed by atoms with Crippen molar-refractivity contribution in [2.75, 3.05) is 18.9 Å². The Morgan fingerprint density at radius 1 is 1.13 bits per heavy atom. The Morgan fingerprint density at radius 3 is 2.40 bits per heavy atom. The van der Waals surface area contributed by atoms with Gasteiger partial charge in [-0.15, -0.1) is 13.2 Å². The van der Waals surface area contributed by atoms with Crippen LogP contribution in [0, 0.1) is 0 Å². The zero-order chi connectivity index (χ0) is 11.3. The second kappa shape index (κ2) is 4.88. The molecular formula is C9H10F3NO2. The van der Waals surface area contributed by atoms with Gasteiger partial charge < -0.3 is 10.5 Å². The molecule has 0 aliphatic rings. The number of halogens is 3. The molecule has 15 heavy (non-hydrogen) atoms. The van der Waals surface area contributed by atoms with Crippen LogP contribution in [0.25, 0.3) is 0 Å². The Bertz CT molecular complexity index is 314. The van der Waals surface area contributed by atoms with Gasteiger partial charge in [-0.1, -0.05) is 12.1 Å². The van der Waals surface area contributed by atoms with Crippen molar-refractivity contribution in [3.8, 4) is 5.75 Å². The van der Waals surface area contributed by atoms with E-state index >= 15 is 0 Å². The minimum absolute atomic E-state index is 0.201. The van der Waals surface area contributed by atoms with E-state index in [9.17, 15) is 13.2 Å². The summed E-state index contributed by atoms with van der Waals surface area (Å²) in [5.41, 5.74) is 5.88. The molecule has 0 amide bonds. The minimum Gasteiger partial charge on any atom is -0.489 e. The van der Waals surface area contributed by atoms with Crippen molar-refractivity contribution in [3.05, 3.63) is 24.3 Å². The van der Waals surface area contributed by atoms with Gasteiger partial charge in [-0.3, -0.25) is 4.74 Å². The Balaban J connectivity index is 2.30. The van der Waals surface area contributed by atoms with E-state index in [1.54, 1.807) is 24.3 Å². The number of hydrogen-bond donors (Lipinski definition) is 1. The van der Waals surface area contributed by atoms with E-state index in [2.05, 4.69) is 4.74 Å². The smallest absolute Gasteiger partial charge is 0.489 e. The number of hydrogen-bond acceptors (Lipinski definition) is 3. The first-order valence-corrected chi connectivity index (χ1v) is 4.17. The SMILES string of the molecule is Nc1ccccc1OCCOC(F)(F)F. The Hall–Kier alpha value is -1.43. The van der Waals surface area contributed by atoms with E-state index in [4.69, 9.17) is 10.5 Å². The largest absolute Gasteiger partial charge is 0.522 e. The highest BCUT2D eigenvalue weighted by Gasteiger charge is 2.28. The highest BCUT2D eigenvalue weighted by molar-refractivity contribution is 5.51. The Morgan fingerprint density at radius 2 is 1.80 bits per heavy atom. The summed E-state index contributed by atoms with van der Waals surface area (Å²) in [6.07, 6.45) is -4.62. The molecule has 0 aliphatic carbocycles. The predicted molar refractivity (Wildman–Crippen MR) is 48.4 cm³/mol. The van der Waals surface area contributed by atoms with Gasteiger partial charge in [0.15, 0.2) is 0 Å². The molecule has 1 aromatic carbocycles. The van der Waals surface area contributed by atoms with E-state index in [-0.39, 0.29) is 6.61 Å². The summed E-state index contributed by atoms with van der Waals surface area (Å²) in [6.45, 7) is -0.758. The quantitative estimate of drug-likeness (QED) is 0.626. The second-order valence-electron chi connectivity index (χ2n) is 2.68. The summed E-state index contributed by atoms with van der Waals surface area (Å²) in [7, 11) is 0. The summed E-state index contributed by atoms with van der Waals surface area (Å²) < 4.78 is 43.2. The molecule has 84 valence electrons. The van der Waals surface area contributed by atoms with Gasteiger partial charge in [0.2, 0.25) is 0 Å². The molecule has 3 nitrogen and oxygen atoms in total. The molecule has 0 spiro atoms. The molecule has 0 radical (unpaired) electrons. The molecule has 0 saturated heterocycles. The van der Waals surface area contributed by atoms with Gasteiger partial charge in [-0.05, 0) is 12.1 Å². The number of nitrogen functional groups attached to an aromatic ring is 1. The molecule has 0 fully saturated rings. The van der Waals surface area contributed by atoms with Gasteiger partial charge in [-0.25, -0.2) is 0 Å². The summed E-state index contributed by atoms with van der Waals surface area (Å²) in [5, 5.41) is 0. The highest BCUT2D eigenvalue weighted by Crippen LogP contribution is 2.20. The van der Waals surface area contributed by atoms with Gasteiger partial charge in [0.05, 0.1) is 12.3 Å². The fraction of sp³-hybridized carbons (Fsp3) is 0.333. The van der Waals surface area contributed by atoms with Crippen LogP contribution in [-0.2, 0) is 4.74 Å². The van der Waals surface area contributed by atoms with E-state index in [1.165, 1.54) is 0 Å². The summed E-state index contributed by atoms with van der Waals surface area (Å²) in [5.74, 6) is 0.350. The lowest BCUT2D eigenvalue weighted by Crippen LogP contribution is -2.18. The fourth-order valence-electron chi connectivity index (χ4n) is 0.921. The number of alkyl halides is 3. The van der Waals surface area contributed by atoms with Crippen LogP contribution in [0.3, 0.4) is 0 Å². The van der Waals surface area contributed by atoms with Crippen molar-refractivity contribution < 1.29 is 22.6 Å². The molecular weight excluding hydrogens is 211 g/mol. The van der Waals surface area contributed by atoms with Crippen molar-refractivity contribution in [2.24, 2.45) is 0 Å². The first-order valence-electron chi connectivity index (χ1n) is 4.17. The number of anilines is 1. The van der Waals surface area contributed by atoms with Crippen LogP contribution in [0.4, 0.5) is 18.9 Å². The van der Waals surface area contributed by atoms with E-state index in [0.29, 0.717) is 11.4 Å². The maximum Gasteiger partial charge on any atom is 0.522 e. The number of rotatable bonds is 4. The molecule has 0 bridgehead atoms. The molecule has 1 aromatic rings. The molecule has 0 aromatic heterocycles. The number of ether oxygens (including phenoxy) is 2. The van der Waals surface area contributed by atoms with Crippen molar-refractivity contribution in [3.63, 3.8) is 0 Å². The topological polar surface area (TPSA) is 44.5 Å². The average Bonchev–Trinajstić information content (AvgIpc) is 2.13. The maximum atomic E-state index is 11.6. The number of para-hydroxylation sites is 2. The van der Waals surface area contributed by atoms with Crippen LogP contribution in [0.2, 0.25) is 0 Å². The number of nitrogens with two attached hydrogens (primary N) is 1. The third kappa shape index (κ3) is 4.55. The lowest BCUT2D eigenvalue weighted by atomic mass is 10.3. The maximum absolute atomic E-state index is 11.6. The normalized spacial score (nSPS) is 11.4. The predicted octanol–water partition coefficient (Wildman–Crippen LogP) is 2.18. The molecule has 0 unspecified atom stereocenters. The van der Waals surface area contributed by atoms with Crippen LogP contribution in [-0.4, -0.2) is 19.6 Å². The lowest BCUT2D eigenvalue weighted by Gasteiger charge is -2.10. The van der Waals surface area contributed by atoms with Crippen molar-refractivity contribution >= 4 is 5.69 Å². The minimum atomic E-state index is -4.62. The van der Waals surface area contributed by atoms with Crippen LogP contribution < -0.4 is 10.5 Å². The first-order chi connectivity index (χ1) is 6.99. The third-order valence-corrected chi connectivity index (χ3v) is 1.53. The average molecular weight is 221 g/mol. The molecule has 0 atom stereocenters. The monoisotopic (exact) mass is 221 g/mol. The number of benzene rings is 1. The van der Waals surface area contributed by atoms with Crippen LogP contribution in [0.5, 0.6) is 5.75 Å². The van der Waals surface area contributed by atoms with E-state index in [1.807, 2.05) is 0 Å². The van der Waals surface area contributed by atoms with Crippen molar-refractivity contribution in [1.82, 2.24) is 0 Å². The van der Waals surface area contributed by atoms with Gasteiger partial charge in [-0.2, -0.15) is 0 Å². The fourth-order valence-corrected chi connectivity index (χ4v) is 0.921. The Kier molecular flexibility index (Phi) is 3.79. The van der Waals surface area contributed by atoms with Crippen LogP contribution in [0.15, 0.2) is 24.3 Å². The molecule has 0 saturated carbocycles. The highest BCUT2D eigenvalue weighted by atomic mass is 19.4. The standard InChI is InChI=1S/C9H10F3NO2/c10-9(11,12)15-6-5-14-8-4-2-1-3-7(8)13/h1-4H,5-6,13H2. The van der Waals surface area contributed by atoms with Gasteiger partial charge in [0.25, 0.3) is 0 Å². The van der Waals surface area contributed by atoms with Crippen molar-refractivity contribution in [2.45, 2.75) is 6.36 Å².